The summed E-state index contributed by atoms with van der Waals surface area (Å²) >= 11 is 3.45. The maximum Gasteiger partial charge on any atom is 0.273 e. The SMILES string of the molecule is COc1cccc(COc2cc(C)n(-c3ccnc(-c4nc(C(C)(C)C)ncc4C)c3)c(=O)c2Br)c1. The monoisotopic (exact) mass is 548 g/mol. The van der Waals surface area contributed by atoms with Crippen molar-refractivity contribution in [3.8, 4) is 28.6 Å². The molecule has 0 aliphatic heterocycles. The van der Waals surface area contributed by atoms with Crippen LogP contribution in [-0.4, -0.2) is 26.6 Å². The van der Waals surface area contributed by atoms with Gasteiger partial charge in [-0.1, -0.05) is 32.9 Å². The second-order valence-corrected chi connectivity index (χ2v) is 10.4. The van der Waals surface area contributed by atoms with Crippen molar-refractivity contribution in [3.63, 3.8) is 0 Å². The smallest absolute Gasteiger partial charge is 0.273 e. The molecule has 36 heavy (non-hydrogen) atoms. The molecule has 0 saturated carbocycles. The van der Waals surface area contributed by atoms with E-state index in [1.807, 2.05) is 62.5 Å². The number of aryl methyl sites for hydroxylation is 2. The van der Waals surface area contributed by atoms with Gasteiger partial charge in [0, 0.05) is 29.6 Å². The van der Waals surface area contributed by atoms with Gasteiger partial charge in [0.25, 0.3) is 5.56 Å². The summed E-state index contributed by atoms with van der Waals surface area (Å²) in [6.07, 6.45) is 3.51. The van der Waals surface area contributed by atoms with Crippen LogP contribution in [0.1, 0.15) is 43.4 Å². The highest BCUT2D eigenvalue weighted by Crippen LogP contribution is 2.28. The standard InChI is InChI=1S/C28H29BrN4O3/c1-17-15-31-27(28(3,4)5)32-25(17)22-14-20(10-11-30-22)33-18(2)12-23(24(29)26(33)34)36-16-19-8-7-9-21(13-19)35-6/h7-15H,16H2,1-6H3. The summed E-state index contributed by atoms with van der Waals surface area (Å²) in [5, 5.41) is 0. The average Bonchev–Trinajstić information content (AvgIpc) is 2.85. The van der Waals surface area contributed by atoms with E-state index in [9.17, 15) is 4.79 Å². The Bertz CT molecular complexity index is 1470. The van der Waals surface area contributed by atoms with Crippen LogP contribution in [0, 0.1) is 13.8 Å². The summed E-state index contributed by atoms with van der Waals surface area (Å²) in [6, 6.07) is 13.2. The largest absolute Gasteiger partial charge is 0.497 e. The molecule has 7 nitrogen and oxygen atoms in total. The number of halogens is 1. The molecule has 0 aliphatic carbocycles. The summed E-state index contributed by atoms with van der Waals surface area (Å²) in [7, 11) is 1.62. The Hall–Kier alpha value is -3.52. The number of nitrogens with zero attached hydrogens (tertiary/aromatic N) is 4. The van der Waals surface area contributed by atoms with Gasteiger partial charge >= 0.3 is 0 Å². The minimum Gasteiger partial charge on any atom is -0.497 e. The molecule has 3 heterocycles. The lowest BCUT2D eigenvalue weighted by molar-refractivity contribution is 0.302. The molecule has 0 aliphatic rings. The molecule has 0 atom stereocenters. The van der Waals surface area contributed by atoms with Crippen molar-refractivity contribution >= 4 is 15.9 Å². The molecule has 4 aromatic rings. The van der Waals surface area contributed by atoms with Gasteiger partial charge < -0.3 is 9.47 Å². The third-order valence-electron chi connectivity index (χ3n) is 5.72. The highest BCUT2D eigenvalue weighted by atomic mass is 79.9. The molecule has 0 saturated heterocycles. The highest BCUT2D eigenvalue weighted by molar-refractivity contribution is 9.10. The van der Waals surface area contributed by atoms with E-state index in [1.54, 1.807) is 17.9 Å². The number of hydrogen-bond acceptors (Lipinski definition) is 6. The lowest BCUT2D eigenvalue weighted by Crippen LogP contribution is -2.22. The van der Waals surface area contributed by atoms with Crippen molar-refractivity contribution in [2.45, 2.75) is 46.6 Å². The van der Waals surface area contributed by atoms with Gasteiger partial charge in [-0.3, -0.25) is 14.3 Å². The van der Waals surface area contributed by atoms with E-state index in [2.05, 4.69) is 46.7 Å². The molecule has 0 N–H and O–H groups in total. The van der Waals surface area contributed by atoms with Gasteiger partial charge in [-0.2, -0.15) is 0 Å². The molecule has 0 amide bonds. The van der Waals surface area contributed by atoms with Crippen molar-refractivity contribution in [3.05, 3.63) is 92.3 Å². The molecule has 0 fully saturated rings. The Labute approximate surface area is 219 Å². The third kappa shape index (κ3) is 5.33. The second-order valence-electron chi connectivity index (χ2n) is 9.62. The number of benzene rings is 1. The fraction of sp³-hybridized carbons (Fsp3) is 0.286. The molecule has 4 rings (SSSR count). The number of aromatic nitrogens is 4. The van der Waals surface area contributed by atoms with Crippen molar-refractivity contribution < 1.29 is 9.47 Å². The third-order valence-corrected chi connectivity index (χ3v) is 6.45. The van der Waals surface area contributed by atoms with Crippen LogP contribution >= 0.6 is 15.9 Å². The van der Waals surface area contributed by atoms with Crippen LogP contribution in [0.15, 0.2) is 64.1 Å². The average molecular weight is 549 g/mol. The fourth-order valence-electron chi connectivity index (χ4n) is 3.78. The predicted molar refractivity (Wildman–Crippen MR) is 144 cm³/mol. The van der Waals surface area contributed by atoms with E-state index in [-0.39, 0.29) is 11.0 Å². The normalized spacial score (nSPS) is 11.4. The van der Waals surface area contributed by atoms with E-state index >= 15 is 0 Å². The molecule has 0 radical (unpaired) electrons. The first-order valence-electron chi connectivity index (χ1n) is 11.6. The molecular formula is C28H29BrN4O3. The van der Waals surface area contributed by atoms with Gasteiger partial charge in [0.2, 0.25) is 0 Å². The first-order chi connectivity index (χ1) is 17.1. The van der Waals surface area contributed by atoms with E-state index in [4.69, 9.17) is 14.5 Å². The van der Waals surface area contributed by atoms with Crippen LogP contribution < -0.4 is 15.0 Å². The molecule has 0 spiro atoms. The van der Waals surface area contributed by atoms with E-state index in [0.717, 1.165) is 34.1 Å². The Morgan fingerprint density at radius 1 is 1.06 bits per heavy atom. The number of hydrogen-bond donors (Lipinski definition) is 0. The predicted octanol–water partition coefficient (Wildman–Crippen LogP) is 5.95. The zero-order valence-corrected chi connectivity index (χ0v) is 22.9. The Kier molecular flexibility index (Phi) is 7.26. The van der Waals surface area contributed by atoms with E-state index in [0.29, 0.717) is 28.2 Å². The summed E-state index contributed by atoms with van der Waals surface area (Å²) < 4.78 is 13.2. The number of rotatable bonds is 6. The van der Waals surface area contributed by atoms with E-state index < -0.39 is 0 Å². The molecular weight excluding hydrogens is 520 g/mol. The molecule has 0 unspecified atom stereocenters. The van der Waals surface area contributed by atoms with Crippen LogP contribution in [0.25, 0.3) is 17.1 Å². The zero-order chi connectivity index (χ0) is 26.0. The summed E-state index contributed by atoms with van der Waals surface area (Å²) in [6.45, 7) is 10.4. The van der Waals surface area contributed by atoms with Gasteiger partial charge in [-0.15, -0.1) is 0 Å². The number of pyridine rings is 2. The zero-order valence-electron chi connectivity index (χ0n) is 21.3. The van der Waals surface area contributed by atoms with Crippen molar-refractivity contribution in [1.29, 1.82) is 0 Å². The first kappa shape index (κ1) is 25.6. The molecule has 1 aromatic carbocycles. The first-order valence-corrected chi connectivity index (χ1v) is 12.4. The van der Waals surface area contributed by atoms with Gasteiger partial charge in [0.15, 0.2) is 0 Å². The minimum absolute atomic E-state index is 0.195. The Morgan fingerprint density at radius 3 is 2.56 bits per heavy atom. The molecule has 3 aromatic heterocycles. The van der Waals surface area contributed by atoms with Gasteiger partial charge in [0.1, 0.15) is 28.4 Å². The lowest BCUT2D eigenvalue weighted by Gasteiger charge is -2.18. The van der Waals surface area contributed by atoms with Crippen molar-refractivity contribution in [2.75, 3.05) is 7.11 Å². The van der Waals surface area contributed by atoms with Gasteiger partial charge in [-0.05, 0) is 65.2 Å². The van der Waals surface area contributed by atoms with Crippen LogP contribution in [-0.2, 0) is 12.0 Å². The minimum atomic E-state index is -0.220. The quantitative estimate of drug-likeness (QED) is 0.296. The molecule has 8 heteroatoms. The second kappa shape index (κ2) is 10.2. The van der Waals surface area contributed by atoms with Gasteiger partial charge in [-0.25, -0.2) is 9.97 Å². The van der Waals surface area contributed by atoms with Crippen LogP contribution in [0.3, 0.4) is 0 Å². The number of methoxy groups -OCH3 is 1. The molecule has 0 bridgehead atoms. The summed E-state index contributed by atoms with van der Waals surface area (Å²) in [5.41, 5.74) is 4.30. The fourth-order valence-corrected chi connectivity index (χ4v) is 4.19. The Morgan fingerprint density at radius 2 is 1.83 bits per heavy atom. The maximum absolute atomic E-state index is 13.4. The Balaban J connectivity index is 1.69. The maximum atomic E-state index is 13.4. The van der Waals surface area contributed by atoms with Crippen LogP contribution in [0.5, 0.6) is 11.5 Å². The van der Waals surface area contributed by atoms with Crippen LogP contribution in [0.2, 0.25) is 0 Å². The molecule has 186 valence electrons. The van der Waals surface area contributed by atoms with E-state index in [1.165, 1.54) is 0 Å². The summed E-state index contributed by atoms with van der Waals surface area (Å²) in [4.78, 5) is 27.2. The topological polar surface area (TPSA) is 79.1 Å². The van der Waals surface area contributed by atoms with Gasteiger partial charge in [0.05, 0.1) is 24.2 Å². The van der Waals surface area contributed by atoms with Crippen molar-refractivity contribution in [1.82, 2.24) is 19.5 Å². The highest BCUT2D eigenvalue weighted by Gasteiger charge is 2.20. The van der Waals surface area contributed by atoms with Crippen LogP contribution in [0.4, 0.5) is 0 Å². The number of ether oxygens (including phenoxy) is 2. The summed E-state index contributed by atoms with van der Waals surface area (Å²) in [5.74, 6) is 1.97. The van der Waals surface area contributed by atoms with Crippen molar-refractivity contribution in [2.24, 2.45) is 0 Å². The lowest BCUT2D eigenvalue weighted by atomic mass is 9.95.